The van der Waals surface area contributed by atoms with Crippen LogP contribution in [0.1, 0.15) is 19.2 Å². The molecular weight excluding hydrogens is 258 g/mol. The summed E-state index contributed by atoms with van der Waals surface area (Å²) in [6.45, 7) is 4.77. The number of carbonyl (C=O) groups excluding carboxylic acids is 1. The van der Waals surface area contributed by atoms with Crippen LogP contribution in [0.2, 0.25) is 0 Å². The summed E-state index contributed by atoms with van der Waals surface area (Å²) in [6.07, 6.45) is 0.908. The third kappa shape index (κ3) is 3.80. The van der Waals surface area contributed by atoms with E-state index >= 15 is 0 Å². The van der Waals surface area contributed by atoms with Gasteiger partial charge in [-0.15, -0.1) is 0 Å². The zero-order valence-electron chi connectivity index (χ0n) is 12.0. The Morgan fingerprint density at radius 1 is 1.50 bits per heavy atom. The first-order chi connectivity index (χ1) is 9.72. The van der Waals surface area contributed by atoms with Crippen molar-refractivity contribution in [2.45, 2.75) is 20.0 Å². The van der Waals surface area contributed by atoms with Gasteiger partial charge >= 0.3 is 0 Å². The molecule has 1 fully saturated rings. The largest absolute Gasteiger partial charge is 0.374 e. The van der Waals surface area contributed by atoms with Crippen LogP contribution >= 0.6 is 0 Å². The molecule has 20 heavy (non-hydrogen) atoms. The van der Waals surface area contributed by atoms with E-state index in [9.17, 15) is 4.79 Å². The molecule has 0 aliphatic carbocycles. The Kier molecular flexibility index (Phi) is 5.11. The molecule has 1 amide bonds. The Bertz CT molecular complexity index is 466. The number of amides is 1. The summed E-state index contributed by atoms with van der Waals surface area (Å²) >= 11 is 0. The third-order valence-electron chi connectivity index (χ3n) is 3.04. The Labute approximate surface area is 118 Å². The Hall–Kier alpha value is -1.89. The molecule has 1 aromatic rings. The monoisotopic (exact) mass is 279 g/mol. The zero-order chi connectivity index (χ0) is 14.4. The average molecular weight is 279 g/mol. The molecule has 0 unspecified atom stereocenters. The van der Waals surface area contributed by atoms with E-state index in [2.05, 4.69) is 20.6 Å². The lowest BCUT2D eigenvalue weighted by atomic mass is 10.3. The van der Waals surface area contributed by atoms with Crippen molar-refractivity contribution in [2.24, 2.45) is 0 Å². The zero-order valence-corrected chi connectivity index (χ0v) is 12.0. The molecule has 0 saturated carbocycles. The summed E-state index contributed by atoms with van der Waals surface area (Å²) in [7, 11) is 1.81. The van der Waals surface area contributed by atoms with E-state index in [1.165, 1.54) is 0 Å². The minimum atomic E-state index is 0.0264. The summed E-state index contributed by atoms with van der Waals surface area (Å²) < 4.78 is 5.36. The lowest BCUT2D eigenvalue weighted by Gasteiger charge is -2.21. The van der Waals surface area contributed by atoms with Crippen LogP contribution in [0.5, 0.6) is 0 Å². The molecule has 1 aromatic heterocycles. The van der Waals surface area contributed by atoms with Crippen LogP contribution < -0.4 is 15.5 Å². The normalized spacial score (nSPS) is 15.7. The van der Waals surface area contributed by atoms with E-state index in [-0.39, 0.29) is 5.91 Å². The standard InChI is InChI=1S/C13H21N5O2/c1-3-20-9-11-16-10(14-2)7-12(17-11)18-6-4-5-15-13(19)8-18/h7H,3-6,8-9H2,1-2H3,(H,15,19)(H,14,16,17). The van der Waals surface area contributed by atoms with Gasteiger partial charge in [-0.3, -0.25) is 4.79 Å². The second kappa shape index (κ2) is 7.04. The van der Waals surface area contributed by atoms with E-state index in [0.717, 1.165) is 24.6 Å². The molecule has 110 valence electrons. The maximum Gasteiger partial charge on any atom is 0.239 e. The SMILES string of the molecule is CCOCc1nc(NC)cc(N2CCCNC(=O)C2)n1. The van der Waals surface area contributed by atoms with Crippen molar-refractivity contribution in [3.05, 3.63) is 11.9 Å². The fourth-order valence-corrected chi connectivity index (χ4v) is 2.03. The quantitative estimate of drug-likeness (QED) is 0.811. The van der Waals surface area contributed by atoms with E-state index in [0.29, 0.717) is 32.1 Å². The number of nitrogens with one attached hydrogen (secondary N) is 2. The van der Waals surface area contributed by atoms with E-state index in [1.54, 1.807) is 0 Å². The highest BCUT2D eigenvalue weighted by molar-refractivity contribution is 5.81. The maximum atomic E-state index is 11.6. The van der Waals surface area contributed by atoms with Crippen molar-refractivity contribution >= 4 is 17.5 Å². The Balaban J connectivity index is 2.21. The van der Waals surface area contributed by atoms with Gasteiger partial charge in [0.25, 0.3) is 0 Å². The molecule has 0 bridgehead atoms. The number of rotatable bonds is 5. The lowest BCUT2D eigenvalue weighted by molar-refractivity contribution is -0.119. The maximum absolute atomic E-state index is 11.6. The molecule has 7 heteroatoms. The minimum Gasteiger partial charge on any atom is -0.374 e. The van der Waals surface area contributed by atoms with Gasteiger partial charge in [0.1, 0.15) is 18.2 Å². The van der Waals surface area contributed by atoms with Crippen molar-refractivity contribution in [3.8, 4) is 0 Å². The number of aromatic nitrogens is 2. The molecule has 0 aromatic carbocycles. The molecule has 2 heterocycles. The summed E-state index contributed by atoms with van der Waals surface area (Å²) in [6, 6.07) is 1.86. The van der Waals surface area contributed by atoms with Crippen molar-refractivity contribution in [3.63, 3.8) is 0 Å². The van der Waals surface area contributed by atoms with Crippen LogP contribution in [0.4, 0.5) is 11.6 Å². The average Bonchev–Trinajstić information content (AvgIpc) is 2.69. The van der Waals surface area contributed by atoms with Crippen LogP contribution in [0, 0.1) is 0 Å². The van der Waals surface area contributed by atoms with Crippen LogP contribution in [0.15, 0.2) is 6.07 Å². The van der Waals surface area contributed by atoms with E-state index < -0.39 is 0 Å². The fraction of sp³-hybridized carbons (Fsp3) is 0.615. The molecule has 1 aliphatic heterocycles. The predicted molar refractivity (Wildman–Crippen MR) is 76.7 cm³/mol. The second-order valence-corrected chi connectivity index (χ2v) is 4.54. The van der Waals surface area contributed by atoms with Gasteiger partial charge in [0.15, 0.2) is 5.82 Å². The van der Waals surface area contributed by atoms with E-state index in [1.807, 2.05) is 24.9 Å². The van der Waals surface area contributed by atoms with E-state index in [4.69, 9.17) is 4.74 Å². The molecule has 1 aliphatic rings. The summed E-state index contributed by atoms with van der Waals surface area (Å²) in [5.41, 5.74) is 0. The van der Waals surface area contributed by atoms with Gasteiger partial charge in [0, 0.05) is 32.8 Å². The summed E-state index contributed by atoms with van der Waals surface area (Å²) in [4.78, 5) is 22.5. The summed E-state index contributed by atoms with van der Waals surface area (Å²) in [5, 5.41) is 5.87. The molecule has 2 rings (SSSR count). The lowest BCUT2D eigenvalue weighted by Crippen LogP contribution is -2.33. The molecule has 0 radical (unpaired) electrons. The fourth-order valence-electron chi connectivity index (χ4n) is 2.03. The topological polar surface area (TPSA) is 79.4 Å². The molecular formula is C13H21N5O2. The highest BCUT2D eigenvalue weighted by Gasteiger charge is 2.17. The first kappa shape index (κ1) is 14.5. The number of carbonyl (C=O) groups is 1. The van der Waals surface area contributed by atoms with Gasteiger partial charge in [-0.25, -0.2) is 9.97 Å². The number of ether oxygens (including phenoxy) is 1. The van der Waals surface area contributed by atoms with Crippen molar-refractivity contribution in [1.29, 1.82) is 0 Å². The highest BCUT2D eigenvalue weighted by atomic mass is 16.5. The van der Waals surface area contributed by atoms with Gasteiger partial charge in [0.05, 0.1) is 6.54 Å². The van der Waals surface area contributed by atoms with Crippen LogP contribution in [-0.2, 0) is 16.1 Å². The van der Waals surface area contributed by atoms with Gasteiger partial charge < -0.3 is 20.3 Å². The molecule has 2 N–H and O–H groups in total. The number of hydrogen-bond donors (Lipinski definition) is 2. The Morgan fingerprint density at radius 2 is 2.35 bits per heavy atom. The highest BCUT2D eigenvalue weighted by Crippen LogP contribution is 2.17. The van der Waals surface area contributed by atoms with Crippen LogP contribution in [-0.4, -0.2) is 49.2 Å². The van der Waals surface area contributed by atoms with Gasteiger partial charge in [0.2, 0.25) is 5.91 Å². The smallest absolute Gasteiger partial charge is 0.239 e. The summed E-state index contributed by atoms with van der Waals surface area (Å²) in [5.74, 6) is 2.14. The molecule has 1 saturated heterocycles. The molecule has 0 atom stereocenters. The molecule has 0 spiro atoms. The van der Waals surface area contributed by atoms with Gasteiger partial charge in [-0.1, -0.05) is 0 Å². The molecule has 7 nitrogen and oxygen atoms in total. The van der Waals surface area contributed by atoms with Crippen LogP contribution in [0.25, 0.3) is 0 Å². The Morgan fingerprint density at radius 3 is 3.10 bits per heavy atom. The van der Waals surface area contributed by atoms with Crippen molar-refractivity contribution < 1.29 is 9.53 Å². The predicted octanol–water partition coefficient (Wildman–Crippen LogP) is 0.381. The first-order valence-corrected chi connectivity index (χ1v) is 6.88. The van der Waals surface area contributed by atoms with Crippen molar-refractivity contribution in [2.75, 3.05) is 43.5 Å². The number of hydrogen-bond acceptors (Lipinski definition) is 6. The van der Waals surface area contributed by atoms with Crippen molar-refractivity contribution in [1.82, 2.24) is 15.3 Å². The second-order valence-electron chi connectivity index (χ2n) is 4.54. The number of nitrogens with zero attached hydrogens (tertiary/aromatic N) is 3. The van der Waals surface area contributed by atoms with Crippen LogP contribution in [0.3, 0.4) is 0 Å². The first-order valence-electron chi connectivity index (χ1n) is 6.88. The van der Waals surface area contributed by atoms with Gasteiger partial charge in [-0.05, 0) is 13.3 Å². The number of anilines is 2. The minimum absolute atomic E-state index is 0.0264. The third-order valence-corrected chi connectivity index (χ3v) is 3.04. The van der Waals surface area contributed by atoms with Gasteiger partial charge in [-0.2, -0.15) is 0 Å².